The molecule has 0 atom stereocenters. The van der Waals surface area contributed by atoms with Crippen LogP contribution in [0.25, 0.3) is 16.8 Å². The SMILES string of the molecule is Cc1nc(S/C(=C\c2c(OC(C)C)ccc3ccccc23)C(=O)O)n[nH]1. The summed E-state index contributed by atoms with van der Waals surface area (Å²) in [6.07, 6.45) is 1.60. The summed E-state index contributed by atoms with van der Waals surface area (Å²) in [5.41, 5.74) is 0.731. The number of aromatic nitrogens is 3. The van der Waals surface area contributed by atoms with E-state index in [0.717, 1.165) is 28.1 Å². The number of thioether (sulfide) groups is 1. The molecule has 0 fully saturated rings. The maximum atomic E-state index is 11.8. The van der Waals surface area contributed by atoms with E-state index in [4.69, 9.17) is 4.74 Å². The second-order valence-corrected chi connectivity index (χ2v) is 6.99. The molecule has 0 saturated carbocycles. The third-order valence-corrected chi connectivity index (χ3v) is 4.44. The number of hydrogen-bond acceptors (Lipinski definition) is 5. The molecule has 0 spiro atoms. The number of ether oxygens (including phenoxy) is 1. The summed E-state index contributed by atoms with van der Waals surface area (Å²) in [4.78, 5) is 16.1. The average Bonchev–Trinajstić information content (AvgIpc) is 3.00. The van der Waals surface area contributed by atoms with Crippen molar-refractivity contribution in [2.45, 2.75) is 32.0 Å². The number of aromatic amines is 1. The van der Waals surface area contributed by atoms with Crippen molar-refractivity contribution in [3.05, 3.63) is 52.7 Å². The van der Waals surface area contributed by atoms with Gasteiger partial charge in [0.05, 0.1) is 6.10 Å². The maximum Gasteiger partial charge on any atom is 0.342 e. The number of carboxylic acid groups (broad SMARTS) is 1. The number of nitrogens with zero attached hydrogens (tertiary/aromatic N) is 2. The first-order chi connectivity index (χ1) is 12.4. The molecule has 0 amide bonds. The van der Waals surface area contributed by atoms with Gasteiger partial charge in [0.25, 0.3) is 0 Å². The van der Waals surface area contributed by atoms with Crippen LogP contribution in [-0.2, 0) is 4.79 Å². The number of hydrogen-bond donors (Lipinski definition) is 2. The summed E-state index contributed by atoms with van der Waals surface area (Å²) in [6.45, 7) is 5.64. The predicted molar refractivity (Wildman–Crippen MR) is 102 cm³/mol. The first-order valence-electron chi connectivity index (χ1n) is 8.14. The highest BCUT2D eigenvalue weighted by molar-refractivity contribution is 8.04. The van der Waals surface area contributed by atoms with E-state index in [-0.39, 0.29) is 11.0 Å². The first-order valence-corrected chi connectivity index (χ1v) is 8.96. The van der Waals surface area contributed by atoms with Crippen LogP contribution in [0.15, 0.2) is 46.5 Å². The fourth-order valence-corrected chi connectivity index (χ4v) is 3.25. The van der Waals surface area contributed by atoms with Crippen molar-refractivity contribution in [1.29, 1.82) is 0 Å². The second kappa shape index (κ2) is 7.61. The molecule has 0 aliphatic rings. The van der Waals surface area contributed by atoms with Gasteiger partial charge in [0.1, 0.15) is 16.5 Å². The standard InChI is InChI=1S/C19H19N3O3S/c1-11(2)25-16-9-8-13-6-4-5-7-14(13)15(16)10-17(18(23)24)26-19-20-12(3)21-22-19/h4-11H,1-3H3,(H,23,24)(H,20,21,22)/b17-10-. The molecule has 0 bridgehead atoms. The van der Waals surface area contributed by atoms with E-state index < -0.39 is 5.97 Å². The lowest BCUT2D eigenvalue weighted by molar-refractivity contribution is -0.131. The summed E-state index contributed by atoms with van der Waals surface area (Å²) < 4.78 is 5.90. The van der Waals surface area contributed by atoms with Gasteiger partial charge in [0.15, 0.2) is 0 Å². The van der Waals surface area contributed by atoms with Crippen molar-refractivity contribution in [2.75, 3.05) is 0 Å². The number of carboxylic acids is 1. The second-order valence-electron chi connectivity index (χ2n) is 5.98. The fourth-order valence-electron chi connectivity index (χ4n) is 2.51. The lowest BCUT2D eigenvalue weighted by Gasteiger charge is -2.15. The van der Waals surface area contributed by atoms with Crippen LogP contribution in [0.2, 0.25) is 0 Å². The Balaban J connectivity index is 2.13. The van der Waals surface area contributed by atoms with Gasteiger partial charge >= 0.3 is 5.97 Å². The van der Waals surface area contributed by atoms with Crippen LogP contribution in [0.3, 0.4) is 0 Å². The Bertz CT molecular complexity index is 979. The molecular formula is C19H19N3O3S. The number of rotatable bonds is 6. The van der Waals surface area contributed by atoms with Gasteiger partial charge in [-0.15, -0.1) is 5.10 Å². The van der Waals surface area contributed by atoms with E-state index in [9.17, 15) is 9.90 Å². The Labute approximate surface area is 155 Å². The van der Waals surface area contributed by atoms with Gasteiger partial charge in [-0.1, -0.05) is 30.3 Å². The molecule has 7 heteroatoms. The van der Waals surface area contributed by atoms with Crippen LogP contribution in [0.4, 0.5) is 0 Å². The average molecular weight is 369 g/mol. The number of carbonyl (C=O) groups is 1. The maximum absolute atomic E-state index is 11.8. The van der Waals surface area contributed by atoms with Gasteiger partial charge in [-0.05, 0) is 55.4 Å². The van der Waals surface area contributed by atoms with Crippen LogP contribution >= 0.6 is 11.8 Å². The lowest BCUT2D eigenvalue weighted by atomic mass is 10.0. The summed E-state index contributed by atoms with van der Waals surface area (Å²) in [6, 6.07) is 11.6. The smallest absolute Gasteiger partial charge is 0.342 e. The number of aliphatic carboxylic acids is 1. The molecule has 26 heavy (non-hydrogen) atoms. The molecule has 0 saturated heterocycles. The van der Waals surface area contributed by atoms with Gasteiger partial charge in [-0.2, -0.15) is 0 Å². The molecule has 134 valence electrons. The van der Waals surface area contributed by atoms with Gasteiger partial charge < -0.3 is 9.84 Å². The van der Waals surface area contributed by atoms with E-state index in [1.54, 1.807) is 13.0 Å². The lowest BCUT2D eigenvalue weighted by Crippen LogP contribution is -2.07. The minimum atomic E-state index is -1.04. The Morgan fingerprint density at radius 3 is 2.69 bits per heavy atom. The molecule has 0 aliphatic heterocycles. The largest absolute Gasteiger partial charge is 0.490 e. The van der Waals surface area contributed by atoms with Gasteiger partial charge in [-0.3, -0.25) is 5.10 Å². The predicted octanol–water partition coefficient (Wildman–Crippen LogP) is 4.27. The van der Waals surface area contributed by atoms with Crippen LogP contribution < -0.4 is 4.74 Å². The van der Waals surface area contributed by atoms with Gasteiger partial charge in [0, 0.05) is 5.56 Å². The molecule has 3 aromatic rings. The van der Waals surface area contributed by atoms with Crippen molar-refractivity contribution >= 4 is 34.6 Å². The zero-order chi connectivity index (χ0) is 18.7. The zero-order valence-electron chi connectivity index (χ0n) is 14.7. The van der Waals surface area contributed by atoms with Crippen LogP contribution in [0, 0.1) is 6.92 Å². The highest BCUT2D eigenvalue weighted by atomic mass is 32.2. The molecule has 0 unspecified atom stereocenters. The van der Waals surface area contributed by atoms with Crippen molar-refractivity contribution in [3.63, 3.8) is 0 Å². The molecule has 6 nitrogen and oxygen atoms in total. The monoisotopic (exact) mass is 369 g/mol. The van der Waals surface area contributed by atoms with Crippen LogP contribution in [0.1, 0.15) is 25.2 Å². The minimum absolute atomic E-state index is 0.0279. The third kappa shape index (κ3) is 4.05. The highest BCUT2D eigenvalue weighted by Gasteiger charge is 2.16. The third-order valence-electron chi connectivity index (χ3n) is 3.56. The van der Waals surface area contributed by atoms with E-state index in [0.29, 0.717) is 16.7 Å². The van der Waals surface area contributed by atoms with Crippen molar-refractivity contribution in [1.82, 2.24) is 15.2 Å². The fraction of sp³-hybridized carbons (Fsp3) is 0.211. The number of benzene rings is 2. The minimum Gasteiger partial charge on any atom is -0.490 e. The van der Waals surface area contributed by atoms with E-state index in [1.165, 1.54) is 0 Å². The van der Waals surface area contributed by atoms with E-state index in [1.807, 2.05) is 50.2 Å². The van der Waals surface area contributed by atoms with Crippen LogP contribution in [0.5, 0.6) is 5.75 Å². The van der Waals surface area contributed by atoms with E-state index >= 15 is 0 Å². The Morgan fingerprint density at radius 2 is 2.04 bits per heavy atom. The normalized spacial score (nSPS) is 11.9. The molecule has 2 aromatic carbocycles. The number of fused-ring (bicyclic) bond motifs is 1. The topological polar surface area (TPSA) is 88.1 Å². The molecule has 0 aliphatic carbocycles. The number of aryl methyl sites for hydroxylation is 1. The molecule has 1 heterocycles. The van der Waals surface area contributed by atoms with Crippen molar-refractivity contribution < 1.29 is 14.6 Å². The van der Waals surface area contributed by atoms with E-state index in [2.05, 4.69) is 15.2 Å². The Morgan fingerprint density at radius 1 is 1.27 bits per heavy atom. The Kier molecular flexibility index (Phi) is 5.27. The zero-order valence-corrected chi connectivity index (χ0v) is 15.5. The molecule has 2 N–H and O–H groups in total. The Hall–Kier alpha value is -2.80. The molecule has 3 rings (SSSR count). The summed E-state index contributed by atoms with van der Waals surface area (Å²) in [7, 11) is 0. The quantitative estimate of drug-likeness (QED) is 0.498. The van der Waals surface area contributed by atoms with Gasteiger partial charge in [-0.25, -0.2) is 9.78 Å². The number of H-pyrrole nitrogens is 1. The van der Waals surface area contributed by atoms with Crippen LogP contribution in [-0.4, -0.2) is 32.4 Å². The number of nitrogens with one attached hydrogen (secondary N) is 1. The molecular weight excluding hydrogens is 350 g/mol. The van der Waals surface area contributed by atoms with Crippen molar-refractivity contribution in [2.24, 2.45) is 0 Å². The summed E-state index contributed by atoms with van der Waals surface area (Å²) in [5, 5.41) is 18.7. The van der Waals surface area contributed by atoms with Gasteiger partial charge in [0.2, 0.25) is 5.16 Å². The molecule has 1 aromatic heterocycles. The summed E-state index contributed by atoms with van der Waals surface area (Å²) >= 11 is 1.00. The highest BCUT2D eigenvalue weighted by Crippen LogP contribution is 2.34. The summed E-state index contributed by atoms with van der Waals surface area (Å²) in [5.74, 6) is 0.233. The molecule has 0 radical (unpaired) electrons. The van der Waals surface area contributed by atoms with Crippen molar-refractivity contribution in [3.8, 4) is 5.75 Å². The first kappa shape index (κ1) is 18.0.